The number of esters is 1. The Morgan fingerprint density at radius 3 is 2.74 bits per heavy atom. The summed E-state index contributed by atoms with van der Waals surface area (Å²) in [4.78, 5) is 24.2. The molecule has 0 bridgehead atoms. The normalized spacial score (nSPS) is 55.3. The van der Waals surface area contributed by atoms with Crippen LogP contribution in [0.25, 0.3) is 0 Å². The molecule has 1 spiro atoms. The number of carbonyl (C=O) groups is 2. The highest BCUT2D eigenvalue weighted by molar-refractivity contribution is 5.91. The molecule has 0 N–H and O–H groups in total. The molecular formula is C24H32O3. The summed E-state index contributed by atoms with van der Waals surface area (Å²) in [5.41, 5.74) is 1.57. The topological polar surface area (TPSA) is 43.4 Å². The van der Waals surface area contributed by atoms with Crippen molar-refractivity contribution in [1.82, 2.24) is 0 Å². The molecule has 3 nitrogen and oxygen atoms in total. The Bertz CT molecular complexity index is 753. The van der Waals surface area contributed by atoms with E-state index in [4.69, 9.17) is 4.74 Å². The predicted octanol–water partition coefficient (Wildman–Crippen LogP) is 4.70. The first kappa shape index (κ1) is 16.8. The van der Waals surface area contributed by atoms with E-state index in [9.17, 15) is 9.59 Å². The molecule has 0 aromatic carbocycles. The number of rotatable bonds is 1. The van der Waals surface area contributed by atoms with Gasteiger partial charge in [-0.15, -0.1) is 0 Å². The van der Waals surface area contributed by atoms with Crippen LogP contribution in [0.3, 0.4) is 0 Å². The van der Waals surface area contributed by atoms with Crippen LogP contribution >= 0.6 is 0 Å². The van der Waals surface area contributed by atoms with Crippen LogP contribution in [0.1, 0.15) is 71.6 Å². The standard InChI is InChI=1S/C24H32O3/c1-3-23-8-6-17-16-5-4-15(25)11-14(16)10-13(2)21(17)22(23)18-12-19(18)24(23)9-7-20(26)27-24/h11,13,16-19,21-22H,3-10,12H2,1-2H3/t13?,16-,17?,18?,19?,21?,22?,23-,24-/m0/s1. The molecule has 9 atom stereocenters. The first-order valence-electron chi connectivity index (χ1n) is 11.5. The molecule has 27 heavy (non-hydrogen) atoms. The average molecular weight is 369 g/mol. The number of allylic oxidation sites excluding steroid dienone is 1. The summed E-state index contributed by atoms with van der Waals surface area (Å²) in [6.07, 6.45) is 11.6. The second kappa shape index (κ2) is 5.27. The molecule has 0 aromatic rings. The molecule has 4 saturated carbocycles. The van der Waals surface area contributed by atoms with Crippen LogP contribution in [0.15, 0.2) is 11.6 Å². The van der Waals surface area contributed by atoms with Gasteiger partial charge in [0.25, 0.3) is 0 Å². The van der Waals surface area contributed by atoms with Crippen molar-refractivity contribution in [2.24, 2.45) is 46.8 Å². The van der Waals surface area contributed by atoms with Crippen molar-refractivity contribution in [2.75, 3.05) is 0 Å². The third-order valence-electron chi connectivity index (χ3n) is 10.1. The van der Waals surface area contributed by atoms with Gasteiger partial charge in [-0.25, -0.2) is 0 Å². The molecule has 0 radical (unpaired) electrons. The maximum atomic E-state index is 12.2. The zero-order valence-electron chi connectivity index (χ0n) is 16.7. The van der Waals surface area contributed by atoms with Gasteiger partial charge < -0.3 is 4.74 Å². The lowest BCUT2D eigenvalue weighted by Gasteiger charge is -2.60. The van der Waals surface area contributed by atoms with Crippen LogP contribution in [0.5, 0.6) is 0 Å². The molecule has 3 heteroatoms. The van der Waals surface area contributed by atoms with Gasteiger partial charge in [0.05, 0.1) is 0 Å². The van der Waals surface area contributed by atoms with E-state index >= 15 is 0 Å². The fourth-order valence-corrected chi connectivity index (χ4v) is 9.36. The third kappa shape index (κ3) is 1.90. The van der Waals surface area contributed by atoms with Crippen LogP contribution in [-0.2, 0) is 14.3 Å². The Hall–Kier alpha value is -1.12. The number of carbonyl (C=O) groups excluding carboxylic acids is 2. The summed E-state index contributed by atoms with van der Waals surface area (Å²) in [5.74, 6) is 5.42. The Morgan fingerprint density at radius 1 is 1.15 bits per heavy atom. The van der Waals surface area contributed by atoms with Crippen molar-refractivity contribution in [1.29, 1.82) is 0 Å². The molecule has 6 rings (SSSR count). The minimum atomic E-state index is -0.127. The molecule has 146 valence electrons. The van der Waals surface area contributed by atoms with Crippen molar-refractivity contribution in [3.63, 3.8) is 0 Å². The van der Waals surface area contributed by atoms with E-state index in [1.165, 1.54) is 31.3 Å². The highest BCUT2D eigenvalue weighted by atomic mass is 16.6. The molecule has 1 heterocycles. The third-order valence-corrected chi connectivity index (χ3v) is 10.1. The maximum absolute atomic E-state index is 12.2. The summed E-state index contributed by atoms with van der Waals surface area (Å²) in [5, 5.41) is 0. The van der Waals surface area contributed by atoms with E-state index in [1.54, 1.807) is 0 Å². The molecule has 5 aliphatic carbocycles. The quantitative estimate of drug-likeness (QED) is 0.630. The second-order valence-corrected chi connectivity index (χ2v) is 10.7. The summed E-state index contributed by atoms with van der Waals surface area (Å²) in [6.45, 7) is 4.81. The van der Waals surface area contributed by atoms with Gasteiger partial charge in [0.15, 0.2) is 5.78 Å². The van der Waals surface area contributed by atoms with E-state index in [-0.39, 0.29) is 17.0 Å². The van der Waals surface area contributed by atoms with Gasteiger partial charge >= 0.3 is 5.97 Å². The summed E-state index contributed by atoms with van der Waals surface area (Å²) >= 11 is 0. The lowest BCUT2D eigenvalue weighted by Crippen LogP contribution is -2.57. The lowest BCUT2D eigenvalue weighted by molar-refractivity contribution is -0.181. The number of ether oxygens (including phenoxy) is 1. The van der Waals surface area contributed by atoms with E-state index in [1.807, 2.05) is 6.08 Å². The fraction of sp³-hybridized carbons (Fsp3) is 0.833. The number of fused-ring (bicyclic) bond motifs is 9. The zero-order chi connectivity index (χ0) is 18.6. The smallest absolute Gasteiger partial charge is 0.306 e. The average Bonchev–Trinajstić information content (AvgIpc) is 3.30. The van der Waals surface area contributed by atoms with Crippen LogP contribution in [0.4, 0.5) is 0 Å². The molecule has 5 fully saturated rings. The Balaban J connectivity index is 1.42. The van der Waals surface area contributed by atoms with Crippen LogP contribution in [-0.4, -0.2) is 17.4 Å². The molecule has 1 saturated heterocycles. The largest absolute Gasteiger partial charge is 0.458 e. The van der Waals surface area contributed by atoms with E-state index < -0.39 is 0 Å². The Kier molecular flexibility index (Phi) is 3.28. The van der Waals surface area contributed by atoms with Crippen LogP contribution < -0.4 is 0 Å². The highest BCUT2D eigenvalue weighted by Gasteiger charge is 2.79. The van der Waals surface area contributed by atoms with Gasteiger partial charge in [-0.05, 0) is 86.5 Å². The second-order valence-electron chi connectivity index (χ2n) is 10.7. The fourth-order valence-electron chi connectivity index (χ4n) is 9.36. The van der Waals surface area contributed by atoms with E-state index in [0.29, 0.717) is 30.0 Å². The first-order valence-corrected chi connectivity index (χ1v) is 11.5. The minimum Gasteiger partial charge on any atom is -0.458 e. The van der Waals surface area contributed by atoms with Crippen molar-refractivity contribution < 1.29 is 14.3 Å². The predicted molar refractivity (Wildman–Crippen MR) is 102 cm³/mol. The van der Waals surface area contributed by atoms with E-state index in [2.05, 4.69) is 13.8 Å². The van der Waals surface area contributed by atoms with Crippen LogP contribution in [0, 0.1) is 46.8 Å². The molecule has 0 amide bonds. The van der Waals surface area contributed by atoms with Gasteiger partial charge in [-0.2, -0.15) is 0 Å². The minimum absolute atomic E-state index is 0.0592. The number of ketones is 1. The highest BCUT2D eigenvalue weighted by Crippen LogP contribution is 2.79. The van der Waals surface area contributed by atoms with Gasteiger partial charge in [0.1, 0.15) is 5.60 Å². The van der Waals surface area contributed by atoms with Gasteiger partial charge in [0.2, 0.25) is 0 Å². The zero-order valence-corrected chi connectivity index (χ0v) is 16.7. The SMILES string of the molecule is CC[C@]12CCC3C(C(C)CC4=CC(=O)CC[C@@H]43)C1C1CC1[C@@]21CCC(=O)O1. The van der Waals surface area contributed by atoms with Crippen LogP contribution in [0.2, 0.25) is 0 Å². The van der Waals surface area contributed by atoms with Crippen molar-refractivity contribution in [2.45, 2.75) is 77.2 Å². The Labute approximate surface area is 162 Å². The Morgan fingerprint density at radius 2 is 2.00 bits per heavy atom. The van der Waals surface area contributed by atoms with Crippen molar-refractivity contribution >= 4 is 11.8 Å². The molecular weight excluding hydrogens is 336 g/mol. The maximum Gasteiger partial charge on any atom is 0.306 e. The summed E-state index contributed by atoms with van der Waals surface area (Å²) < 4.78 is 6.27. The van der Waals surface area contributed by atoms with E-state index in [0.717, 1.165) is 49.4 Å². The summed E-state index contributed by atoms with van der Waals surface area (Å²) in [7, 11) is 0. The number of hydrogen-bond donors (Lipinski definition) is 0. The molecule has 1 aliphatic heterocycles. The molecule has 6 unspecified atom stereocenters. The van der Waals surface area contributed by atoms with Gasteiger partial charge in [0, 0.05) is 24.2 Å². The molecule has 6 aliphatic rings. The monoisotopic (exact) mass is 368 g/mol. The lowest BCUT2D eigenvalue weighted by atomic mass is 9.46. The van der Waals surface area contributed by atoms with Crippen molar-refractivity contribution in [3.8, 4) is 0 Å². The molecule has 0 aromatic heterocycles. The van der Waals surface area contributed by atoms with Crippen molar-refractivity contribution in [3.05, 3.63) is 11.6 Å². The first-order chi connectivity index (χ1) is 13.0. The van der Waals surface area contributed by atoms with Gasteiger partial charge in [-0.3, -0.25) is 9.59 Å². The van der Waals surface area contributed by atoms with Gasteiger partial charge in [-0.1, -0.05) is 19.4 Å². The summed E-state index contributed by atoms with van der Waals surface area (Å²) in [6, 6.07) is 0. The number of hydrogen-bond acceptors (Lipinski definition) is 3.